The normalized spacial score (nSPS) is 11.7. The van der Waals surface area contributed by atoms with Gasteiger partial charge < -0.3 is 39.2 Å². The minimum absolute atomic E-state index is 0.00866. The van der Waals surface area contributed by atoms with Gasteiger partial charge >= 0.3 is 18.6 Å². The summed E-state index contributed by atoms with van der Waals surface area (Å²) in [6.45, 7) is -2.91. The SMILES string of the molecule is O=C(O)CCCOc1cccc(COc2cc(C(=O)NCc3ccccc3OC(F)F)cc(-c3ccc4c(c3)OCO4)c2)c1CCC(=O)O. The molecule has 0 radical (unpaired) electrons. The molecule has 4 aromatic rings. The van der Waals surface area contributed by atoms with E-state index in [-0.39, 0.29) is 63.5 Å². The molecule has 0 saturated heterocycles. The summed E-state index contributed by atoms with van der Waals surface area (Å²) < 4.78 is 53.4. The number of alkyl halides is 2. The van der Waals surface area contributed by atoms with Crippen LogP contribution in [0.1, 0.15) is 46.3 Å². The second kappa shape index (κ2) is 16.3. The average molecular weight is 678 g/mol. The highest BCUT2D eigenvalue weighted by atomic mass is 19.3. The summed E-state index contributed by atoms with van der Waals surface area (Å²) in [5.74, 6) is -0.634. The van der Waals surface area contributed by atoms with E-state index in [1.54, 1.807) is 66.7 Å². The first-order valence-electron chi connectivity index (χ1n) is 15.3. The second-order valence-corrected chi connectivity index (χ2v) is 10.9. The Balaban J connectivity index is 1.41. The van der Waals surface area contributed by atoms with E-state index in [4.69, 9.17) is 24.1 Å². The maximum atomic E-state index is 13.5. The number of carboxylic acid groups (broad SMARTS) is 2. The fraction of sp³-hybridized carbons (Fsp3) is 0.250. The molecule has 11 nitrogen and oxygen atoms in total. The first-order valence-corrected chi connectivity index (χ1v) is 15.3. The Bertz CT molecular complexity index is 1810. The highest BCUT2D eigenvalue weighted by Gasteiger charge is 2.18. The van der Waals surface area contributed by atoms with Crippen LogP contribution >= 0.6 is 0 Å². The lowest BCUT2D eigenvalue weighted by Crippen LogP contribution is -2.23. The van der Waals surface area contributed by atoms with Crippen molar-refractivity contribution in [2.24, 2.45) is 0 Å². The molecule has 0 aromatic heterocycles. The highest BCUT2D eigenvalue weighted by molar-refractivity contribution is 5.96. The molecular weight excluding hydrogens is 644 g/mol. The van der Waals surface area contributed by atoms with Gasteiger partial charge in [0.05, 0.1) is 6.61 Å². The third kappa shape index (κ3) is 9.60. The van der Waals surface area contributed by atoms with Gasteiger partial charge in [0.1, 0.15) is 23.9 Å². The van der Waals surface area contributed by atoms with Crippen LogP contribution < -0.4 is 29.0 Å². The number of benzene rings is 4. The first-order chi connectivity index (χ1) is 23.7. The van der Waals surface area contributed by atoms with Crippen LogP contribution in [0.4, 0.5) is 8.78 Å². The van der Waals surface area contributed by atoms with Crippen LogP contribution in [0.5, 0.6) is 28.7 Å². The Morgan fingerprint density at radius 3 is 2.35 bits per heavy atom. The zero-order chi connectivity index (χ0) is 34.8. The van der Waals surface area contributed by atoms with Crippen molar-refractivity contribution >= 4 is 17.8 Å². The Kier molecular flexibility index (Phi) is 11.5. The molecule has 0 saturated carbocycles. The van der Waals surface area contributed by atoms with E-state index >= 15 is 0 Å². The van der Waals surface area contributed by atoms with Gasteiger partial charge in [0, 0.05) is 36.1 Å². The predicted molar refractivity (Wildman–Crippen MR) is 171 cm³/mol. The van der Waals surface area contributed by atoms with Crippen molar-refractivity contribution in [3.8, 4) is 39.9 Å². The summed E-state index contributed by atoms with van der Waals surface area (Å²) in [7, 11) is 0. The smallest absolute Gasteiger partial charge is 0.387 e. The average Bonchev–Trinajstić information content (AvgIpc) is 3.56. The van der Waals surface area contributed by atoms with Gasteiger partial charge in [0.25, 0.3) is 5.91 Å². The van der Waals surface area contributed by atoms with Crippen LogP contribution in [0, 0.1) is 0 Å². The largest absolute Gasteiger partial charge is 0.493 e. The van der Waals surface area contributed by atoms with Crippen LogP contribution in [-0.4, -0.2) is 48.1 Å². The summed E-state index contributed by atoms with van der Waals surface area (Å²) in [5, 5.41) is 21.0. The standard InChI is InChI=1S/C36H33F2NO10/c37-36(38)49-29-7-2-1-5-23(29)19-39-35(44)26-15-25(22-10-12-31-32(18-22)48-21-47-31)16-27(17-26)46-20-24-6-3-8-30(28(24)11-13-34(42)43)45-14-4-9-33(40)41/h1-3,5-8,10,12,15-18,36H,4,9,11,13-14,19-21H2,(H,39,44)(H,40,41)(H,42,43). The number of aliphatic carboxylic acids is 2. The molecule has 1 aliphatic rings. The number of para-hydroxylation sites is 1. The molecule has 1 aliphatic heterocycles. The summed E-state index contributed by atoms with van der Waals surface area (Å²) in [6, 6.07) is 21.6. The molecule has 0 unspecified atom stereocenters. The van der Waals surface area contributed by atoms with Gasteiger partial charge in [-0.2, -0.15) is 8.78 Å². The number of hydrogen-bond acceptors (Lipinski definition) is 8. The van der Waals surface area contributed by atoms with Crippen LogP contribution in [0.2, 0.25) is 0 Å². The number of amides is 1. The Morgan fingerprint density at radius 2 is 1.55 bits per heavy atom. The maximum Gasteiger partial charge on any atom is 0.387 e. The van der Waals surface area contributed by atoms with Crippen LogP contribution in [0.25, 0.3) is 11.1 Å². The topological polar surface area (TPSA) is 150 Å². The van der Waals surface area contributed by atoms with Crippen LogP contribution in [0.3, 0.4) is 0 Å². The van der Waals surface area contributed by atoms with E-state index in [1.807, 2.05) is 0 Å². The number of carbonyl (C=O) groups is 3. The van der Waals surface area contributed by atoms with Crippen LogP contribution in [-0.2, 0) is 29.2 Å². The zero-order valence-electron chi connectivity index (χ0n) is 26.2. The lowest BCUT2D eigenvalue weighted by molar-refractivity contribution is -0.138. The lowest BCUT2D eigenvalue weighted by Gasteiger charge is -2.17. The van der Waals surface area contributed by atoms with Crippen LogP contribution in [0.15, 0.2) is 78.9 Å². The quantitative estimate of drug-likeness (QED) is 0.106. The van der Waals surface area contributed by atoms with Crippen molar-refractivity contribution in [1.29, 1.82) is 0 Å². The molecule has 49 heavy (non-hydrogen) atoms. The van der Waals surface area contributed by atoms with Gasteiger partial charge in [0.15, 0.2) is 11.5 Å². The maximum absolute atomic E-state index is 13.5. The molecule has 4 aromatic carbocycles. The summed E-state index contributed by atoms with van der Waals surface area (Å²) in [5.41, 5.74) is 3.15. The van der Waals surface area contributed by atoms with Crippen molar-refractivity contribution in [3.05, 3.63) is 101 Å². The molecule has 5 rings (SSSR count). The van der Waals surface area contributed by atoms with Gasteiger partial charge in [-0.05, 0) is 72.0 Å². The fourth-order valence-corrected chi connectivity index (χ4v) is 5.16. The number of fused-ring (bicyclic) bond motifs is 1. The van der Waals surface area contributed by atoms with Gasteiger partial charge in [-0.25, -0.2) is 0 Å². The summed E-state index contributed by atoms with van der Waals surface area (Å²) >= 11 is 0. The van der Waals surface area contributed by atoms with E-state index in [1.165, 1.54) is 12.1 Å². The highest BCUT2D eigenvalue weighted by Crippen LogP contribution is 2.37. The zero-order valence-corrected chi connectivity index (χ0v) is 26.2. The van der Waals surface area contributed by atoms with E-state index in [0.29, 0.717) is 50.8 Å². The van der Waals surface area contributed by atoms with E-state index in [2.05, 4.69) is 10.1 Å². The third-order valence-corrected chi connectivity index (χ3v) is 7.51. The van der Waals surface area contributed by atoms with Gasteiger partial charge in [-0.15, -0.1) is 0 Å². The number of ether oxygens (including phenoxy) is 5. The summed E-state index contributed by atoms with van der Waals surface area (Å²) in [4.78, 5) is 35.8. The minimum Gasteiger partial charge on any atom is -0.493 e. The number of carboxylic acids is 2. The molecule has 0 atom stereocenters. The fourth-order valence-electron chi connectivity index (χ4n) is 5.16. The number of nitrogens with one attached hydrogen (secondary N) is 1. The van der Waals surface area contributed by atoms with E-state index in [0.717, 1.165) is 0 Å². The van der Waals surface area contributed by atoms with Gasteiger partial charge in [-0.3, -0.25) is 14.4 Å². The molecule has 1 amide bonds. The molecule has 13 heteroatoms. The first kappa shape index (κ1) is 34.5. The Labute approximate surface area is 279 Å². The molecule has 256 valence electrons. The van der Waals surface area contributed by atoms with Gasteiger partial charge in [-0.1, -0.05) is 36.4 Å². The lowest BCUT2D eigenvalue weighted by atomic mass is 10.0. The second-order valence-electron chi connectivity index (χ2n) is 10.9. The molecule has 0 bridgehead atoms. The van der Waals surface area contributed by atoms with E-state index < -0.39 is 24.5 Å². The van der Waals surface area contributed by atoms with E-state index in [9.17, 15) is 28.3 Å². The predicted octanol–water partition coefficient (Wildman–Crippen LogP) is 6.45. The van der Waals surface area contributed by atoms with Crippen molar-refractivity contribution < 1.29 is 57.1 Å². The minimum atomic E-state index is -3.02. The number of hydrogen-bond donors (Lipinski definition) is 3. The van der Waals surface area contributed by atoms with Crippen molar-refractivity contribution in [1.82, 2.24) is 5.32 Å². The number of halogens is 2. The summed E-state index contributed by atoms with van der Waals surface area (Å²) in [6.07, 6.45) is 0.179. The van der Waals surface area contributed by atoms with Gasteiger partial charge in [0.2, 0.25) is 6.79 Å². The number of rotatable bonds is 17. The monoisotopic (exact) mass is 677 g/mol. The molecule has 0 spiro atoms. The van der Waals surface area contributed by atoms with Crippen molar-refractivity contribution in [2.45, 2.75) is 45.4 Å². The number of carbonyl (C=O) groups excluding carboxylic acids is 1. The Hall–Kier alpha value is -5.85. The molecule has 0 fully saturated rings. The van der Waals surface area contributed by atoms with Crippen molar-refractivity contribution in [3.63, 3.8) is 0 Å². The molecule has 3 N–H and O–H groups in total. The molecule has 1 heterocycles. The Morgan fingerprint density at radius 1 is 0.796 bits per heavy atom. The van der Waals surface area contributed by atoms with Crippen molar-refractivity contribution in [2.75, 3.05) is 13.4 Å². The molecular formula is C36H33F2NO10. The third-order valence-electron chi connectivity index (χ3n) is 7.51. The molecule has 0 aliphatic carbocycles.